The minimum absolute atomic E-state index is 0.0288. The number of aryl methyl sites for hydroxylation is 2. The molecular weight excluding hydrogens is 404 g/mol. The summed E-state index contributed by atoms with van der Waals surface area (Å²) in [5.74, 6) is 0.874. The molecule has 1 saturated carbocycles. The predicted molar refractivity (Wildman–Crippen MR) is 122 cm³/mol. The molecule has 5 rings (SSSR count). The number of aromatic nitrogens is 5. The van der Waals surface area contributed by atoms with Gasteiger partial charge in [-0.25, -0.2) is 4.68 Å². The summed E-state index contributed by atoms with van der Waals surface area (Å²) in [5.41, 5.74) is 3.96. The number of H-pyrrole nitrogens is 1. The van der Waals surface area contributed by atoms with Crippen molar-refractivity contribution >= 4 is 10.9 Å². The first kappa shape index (κ1) is 21.3. The molecule has 1 N–H and O–H groups in total. The van der Waals surface area contributed by atoms with Gasteiger partial charge in [0, 0.05) is 25.3 Å². The minimum atomic E-state index is -0.0288. The summed E-state index contributed by atoms with van der Waals surface area (Å²) >= 11 is 0. The fraction of sp³-hybridized carbons (Fsp3) is 0.583. The van der Waals surface area contributed by atoms with Crippen molar-refractivity contribution in [3.8, 4) is 0 Å². The summed E-state index contributed by atoms with van der Waals surface area (Å²) in [6.07, 6.45) is 7.06. The highest BCUT2D eigenvalue weighted by Gasteiger charge is 2.25. The number of fused-ring (bicyclic) bond motifs is 1. The Balaban J connectivity index is 1.42. The van der Waals surface area contributed by atoms with Crippen molar-refractivity contribution in [1.82, 2.24) is 30.1 Å². The van der Waals surface area contributed by atoms with Crippen LogP contribution >= 0.6 is 0 Å². The first-order valence-electron chi connectivity index (χ1n) is 11.8. The third-order valence-corrected chi connectivity index (χ3v) is 7.10. The quantitative estimate of drug-likeness (QED) is 0.610. The highest BCUT2D eigenvalue weighted by molar-refractivity contribution is 5.83. The molecule has 0 amide bonds. The summed E-state index contributed by atoms with van der Waals surface area (Å²) in [5, 5.41) is 13.7. The van der Waals surface area contributed by atoms with Gasteiger partial charge in [0.25, 0.3) is 5.56 Å². The highest BCUT2D eigenvalue weighted by atomic mass is 16.5. The van der Waals surface area contributed by atoms with E-state index < -0.39 is 0 Å². The molecule has 0 spiro atoms. The lowest BCUT2D eigenvalue weighted by Gasteiger charge is -2.25. The van der Waals surface area contributed by atoms with Gasteiger partial charge in [-0.3, -0.25) is 9.69 Å². The molecule has 170 valence electrons. The summed E-state index contributed by atoms with van der Waals surface area (Å²) in [6.45, 7) is 6.84. The van der Waals surface area contributed by atoms with Crippen molar-refractivity contribution in [1.29, 1.82) is 0 Å². The van der Waals surface area contributed by atoms with E-state index in [-0.39, 0.29) is 11.7 Å². The van der Waals surface area contributed by atoms with Crippen molar-refractivity contribution in [3.63, 3.8) is 0 Å². The van der Waals surface area contributed by atoms with Crippen LogP contribution in [0.25, 0.3) is 10.9 Å². The van der Waals surface area contributed by atoms with E-state index in [9.17, 15) is 4.79 Å². The van der Waals surface area contributed by atoms with Crippen molar-refractivity contribution < 1.29 is 4.74 Å². The Hall–Kier alpha value is -2.58. The smallest absolute Gasteiger partial charge is 0.252 e. The maximum Gasteiger partial charge on any atom is 0.252 e. The number of hydrogen-bond donors (Lipinski definition) is 1. The zero-order chi connectivity index (χ0) is 22.1. The van der Waals surface area contributed by atoms with E-state index in [0.29, 0.717) is 19.1 Å². The van der Waals surface area contributed by atoms with Crippen LogP contribution in [-0.4, -0.2) is 49.3 Å². The average Bonchev–Trinajstić information content (AvgIpc) is 3.55. The van der Waals surface area contributed by atoms with E-state index in [1.54, 1.807) is 0 Å². The van der Waals surface area contributed by atoms with Crippen LogP contribution in [0.5, 0.6) is 0 Å². The molecule has 0 radical (unpaired) electrons. The number of nitrogens with zero attached hydrogens (tertiary/aromatic N) is 5. The molecule has 1 atom stereocenters. The minimum Gasteiger partial charge on any atom is -0.377 e. The number of hydrogen-bond acceptors (Lipinski definition) is 6. The Kier molecular flexibility index (Phi) is 6.06. The molecule has 3 aromatic rings. The van der Waals surface area contributed by atoms with E-state index in [0.717, 1.165) is 66.7 Å². The monoisotopic (exact) mass is 436 g/mol. The second kappa shape index (κ2) is 9.11. The summed E-state index contributed by atoms with van der Waals surface area (Å²) in [6, 6.07) is 6.62. The highest BCUT2D eigenvalue weighted by Crippen LogP contribution is 2.29. The van der Waals surface area contributed by atoms with Gasteiger partial charge in [-0.15, -0.1) is 5.10 Å². The normalized spacial score (nSPS) is 19.5. The molecular formula is C24H32N6O2. The SMILES string of the molecule is Cc1ccc2cc(CN(Cc3nnnn3C3CCCC3)C[C@@H]3CCCO3)c(=O)[nH]c2c1C. The fourth-order valence-electron chi connectivity index (χ4n) is 5.14. The number of tetrazole rings is 1. The van der Waals surface area contributed by atoms with Gasteiger partial charge >= 0.3 is 0 Å². The van der Waals surface area contributed by atoms with Gasteiger partial charge in [0.15, 0.2) is 5.82 Å². The molecule has 1 aliphatic carbocycles. The Morgan fingerprint density at radius 2 is 2.00 bits per heavy atom. The number of benzene rings is 1. The van der Waals surface area contributed by atoms with Gasteiger partial charge in [0.05, 0.1) is 24.2 Å². The Bertz CT molecular complexity index is 1140. The van der Waals surface area contributed by atoms with Gasteiger partial charge in [0.2, 0.25) is 0 Å². The lowest BCUT2D eigenvalue weighted by atomic mass is 10.0. The fourth-order valence-corrected chi connectivity index (χ4v) is 5.14. The van der Waals surface area contributed by atoms with Gasteiger partial charge in [-0.05, 0) is 72.5 Å². The van der Waals surface area contributed by atoms with Crippen LogP contribution in [-0.2, 0) is 17.8 Å². The van der Waals surface area contributed by atoms with Crippen LogP contribution in [0.1, 0.15) is 67.1 Å². The predicted octanol–water partition coefficient (Wildman–Crippen LogP) is 3.43. The lowest BCUT2D eigenvalue weighted by Crippen LogP contribution is -2.34. The average molecular weight is 437 g/mol. The Morgan fingerprint density at radius 3 is 2.78 bits per heavy atom. The number of pyridine rings is 1. The van der Waals surface area contributed by atoms with Crippen molar-refractivity contribution in [2.24, 2.45) is 0 Å². The second-order valence-corrected chi connectivity index (χ2v) is 9.38. The first-order chi connectivity index (χ1) is 15.6. The molecule has 0 unspecified atom stereocenters. The summed E-state index contributed by atoms with van der Waals surface area (Å²) in [4.78, 5) is 18.4. The molecule has 1 saturated heterocycles. The van der Waals surface area contributed by atoms with Crippen molar-refractivity contribution in [3.05, 3.63) is 51.1 Å². The van der Waals surface area contributed by atoms with Crippen LogP contribution in [0.15, 0.2) is 23.0 Å². The van der Waals surface area contributed by atoms with E-state index in [4.69, 9.17) is 4.74 Å². The topological polar surface area (TPSA) is 88.9 Å². The van der Waals surface area contributed by atoms with E-state index in [2.05, 4.69) is 51.4 Å². The zero-order valence-electron chi connectivity index (χ0n) is 19.0. The van der Waals surface area contributed by atoms with E-state index in [1.807, 2.05) is 10.7 Å². The molecule has 3 heterocycles. The number of aromatic amines is 1. The molecule has 1 aromatic carbocycles. The summed E-state index contributed by atoms with van der Waals surface area (Å²) < 4.78 is 7.92. The molecule has 32 heavy (non-hydrogen) atoms. The van der Waals surface area contributed by atoms with Crippen molar-refractivity contribution in [2.75, 3.05) is 13.2 Å². The zero-order valence-corrected chi connectivity index (χ0v) is 19.0. The van der Waals surface area contributed by atoms with Crippen LogP contribution < -0.4 is 5.56 Å². The first-order valence-corrected chi connectivity index (χ1v) is 11.8. The maximum atomic E-state index is 13.0. The largest absolute Gasteiger partial charge is 0.377 e. The molecule has 2 fully saturated rings. The molecule has 2 aromatic heterocycles. The standard InChI is InChI=1S/C24H32N6O2/c1-16-9-10-18-12-19(24(31)25-23(18)17(16)2)13-29(14-21-8-5-11-32-21)15-22-26-27-28-30(22)20-6-3-4-7-20/h9-10,12,20-21H,3-8,11,13-15H2,1-2H3,(H,25,31)/t21-/m0/s1. The molecule has 1 aliphatic heterocycles. The Morgan fingerprint density at radius 1 is 1.16 bits per heavy atom. The number of nitrogens with one attached hydrogen (secondary N) is 1. The van der Waals surface area contributed by atoms with Crippen LogP contribution in [0.3, 0.4) is 0 Å². The number of rotatable bonds is 7. The molecule has 8 heteroatoms. The number of ether oxygens (including phenoxy) is 1. The van der Waals surface area contributed by atoms with Crippen LogP contribution in [0.4, 0.5) is 0 Å². The van der Waals surface area contributed by atoms with Gasteiger partial charge < -0.3 is 9.72 Å². The van der Waals surface area contributed by atoms with Crippen LogP contribution in [0, 0.1) is 13.8 Å². The van der Waals surface area contributed by atoms with Gasteiger partial charge in [-0.2, -0.15) is 0 Å². The van der Waals surface area contributed by atoms with E-state index in [1.165, 1.54) is 18.4 Å². The van der Waals surface area contributed by atoms with Crippen LogP contribution in [0.2, 0.25) is 0 Å². The summed E-state index contributed by atoms with van der Waals surface area (Å²) in [7, 11) is 0. The Labute approximate surface area is 188 Å². The van der Waals surface area contributed by atoms with E-state index >= 15 is 0 Å². The van der Waals surface area contributed by atoms with Crippen molar-refractivity contribution in [2.45, 2.75) is 77.6 Å². The maximum absolute atomic E-state index is 13.0. The molecule has 2 aliphatic rings. The molecule has 8 nitrogen and oxygen atoms in total. The molecule has 0 bridgehead atoms. The third-order valence-electron chi connectivity index (χ3n) is 7.10. The third kappa shape index (κ3) is 4.34. The second-order valence-electron chi connectivity index (χ2n) is 9.38. The van der Waals surface area contributed by atoms with Gasteiger partial charge in [0.1, 0.15) is 0 Å². The van der Waals surface area contributed by atoms with Gasteiger partial charge in [-0.1, -0.05) is 25.0 Å². The lowest BCUT2D eigenvalue weighted by molar-refractivity contribution is 0.0661.